The minimum atomic E-state index is -0.753. The van der Waals surface area contributed by atoms with Crippen LogP contribution in [0.2, 0.25) is 0 Å². The van der Waals surface area contributed by atoms with Crippen LogP contribution in [0.5, 0.6) is 0 Å². The molecule has 5 heteroatoms. The monoisotopic (exact) mass is 169 g/mol. The Morgan fingerprint density at radius 3 is 2.83 bits per heavy atom. The third kappa shape index (κ3) is 1.93. The van der Waals surface area contributed by atoms with Crippen LogP contribution >= 0.6 is 0 Å². The molecule has 0 saturated carbocycles. The summed E-state index contributed by atoms with van der Waals surface area (Å²) in [6.07, 6.45) is 1.32. The highest BCUT2D eigenvalue weighted by molar-refractivity contribution is 6.03. The van der Waals surface area contributed by atoms with Crippen LogP contribution in [0, 0.1) is 0 Å². The van der Waals surface area contributed by atoms with Crippen LogP contribution in [-0.2, 0) is 4.79 Å². The first-order valence-electron chi connectivity index (χ1n) is 3.22. The summed E-state index contributed by atoms with van der Waals surface area (Å²) in [5, 5.41) is 10.2. The maximum atomic E-state index is 10.9. The van der Waals surface area contributed by atoms with Gasteiger partial charge >= 0.3 is 0 Å². The summed E-state index contributed by atoms with van der Waals surface area (Å²) in [7, 11) is 0. The number of furan rings is 1. The average molecular weight is 169 g/mol. The van der Waals surface area contributed by atoms with Gasteiger partial charge in [0.15, 0.2) is 5.76 Å². The predicted molar refractivity (Wildman–Crippen MR) is 38.3 cm³/mol. The number of hydrogen-bond acceptors (Lipinski definition) is 4. The molecule has 0 spiro atoms. The highest BCUT2D eigenvalue weighted by Gasteiger charge is 2.10. The Bertz CT molecular complexity index is 278. The van der Waals surface area contributed by atoms with Crippen molar-refractivity contribution in [2.45, 2.75) is 0 Å². The smallest absolute Gasteiger partial charge is 0.293 e. The lowest BCUT2D eigenvalue weighted by Gasteiger charge is -1.96. The van der Waals surface area contributed by atoms with Crippen LogP contribution in [0.4, 0.5) is 0 Å². The molecule has 0 aliphatic rings. The van der Waals surface area contributed by atoms with Crippen LogP contribution in [0.15, 0.2) is 22.8 Å². The van der Waals surface area contributed by atoms with Gasteiger partial charge in [-0.2, -0.15) is 0 Å². The summed E-state index contributed by atoms with van der Waals surface area (Å²) >= 11 is 0. The molecule has 0 saturated heterocycles. The number of aliphatic hydroxyl groups excluding tert-OH is 1. The molecule has 0 radical (unpaired) electrons. The van der Waals surface area contributed by atoms with Crippen molar-refractivity contribution >= 4 is 11.8 Å². The van der Waals surface area contributed by atoms with Gasteiger partial charge in [0.1, 0.15) is 6.61 Å². The molecular formula is C7H7NO4. The number of carbonyl (C=O) groups excluding carboxylic acids is 2. The van der Waals surface area contributed by atoms with E-state index in [9.17, 15) is 9.59 Å². The molecule has 64 valence electrons. The molecule has 0 aliphatic carbocycles. The van der Waals surface area contributed by atoms with Crippen LogP contribution in [0.1, 0.15) is 10.6 Å². The SMILES string of the molecule is O=C(CO)NC(=O)c1ccco1. The van der Waals surface area contributed by atoms with Gasteiger partial charge in [0, 0.05) is 0 Å². The third-order valence-corrected chi connectivity index (χ3v) is 1.14. The molecule has 0 aliphatic heterocycles. The van der Waals surface area contributed by atoms with Crippen molar-refractivity contribution < 1.29 is 19.1 Å². The normalized spacial score (nSPS) is 9.42. The number of carbonyl (C=O) groups is 2. The number of aliphatic hydroxyl groups is 1. The molecule has 0 atom stereocenters. The quantitative estimate of drug-likeness (QED) is 0.627. The zero-order valence-electron chi connectivity index (χ0n) is 6.11. The molecule has 2 amide bonds. The highest BCUT2D eigenvalue weighted by Crippen LogP contribution is 1.98. The number of rotatable bonds is 2. The van der Waals surface area contributed by atoms with Crippen molar-refractivity contribution in [2.75, 3.05) is 6.61 Å². The summed E-state index contributed by atoms with van der Waals surface area (Å²) in [5.74, 6) is -1.37. The van der Waals surface area contributed by atoms with E-state index in [0.717, 1.165) is 0 Å². The standard InChI is InChI=1S/C7H7NO4/c9-4-6(10)8-7(11)5-2-1-3-12-5/h1-3,9H,4H2,(H,8,10,11). The van der Waals surface area contributed by atoms with Crippen LogP contribution in [0.3, 0.4) is 0 Å². The summed E-state index contributed by atoms with van der Waals surface area (Å²) in [4.78, 5) is 21.4. The second kappa shape index (κ2) is 3.68. The lowest BCUT2D eigenvalue weighted by molar-refractivity contribution is -0.122. The van der Waals surface area contributed by atoms with Crippen molar-refractivity contribution in [2.24, 2.45) is 0 Å². The van der Waals surface area contributed by atoms with Gasteiger partial charge in [-0.1, -0.05) is 0 Å². The lowest BCUT2D eigenvalue weighted by Crippen LogP contribution is -2.32. The van der Waals surface area contributed by atoms with Gasteiger partial charge in [-0.05, 0) is 12.1 Å². The van der Waals surface area contributed by atoms with Gasteiger partial charge in [-0.3, -0.25) is 14.9 Å². The summed E-state index contributed by atoms with van der Waals surface area (Å²) in [5.41, 5.74) is 0. The Morgan fingerprint density at radius 1 is 1.58 bits per heavy atom. The van der Waals surface area contributed by atoms with E-state index >= 15 is 0 Å². The van der Waals surface area contributed by atoms with E-state index in [4.69, 9.17) is 9.52 Å². The van der Waals surface area contributed by atoms with E-state index in [0.29, 0.717) is 0 Å². The predicted octanol–water partition coefficient (Wildman–Crippen LogP) is -0.472. The minimum Gasteiger partial charge on any atom is -0.459 e. The van der Waals surface area contributed by atoms with Gasteiger partial charge in [-0.15, -0.1) is 0 Å². The van der Waals surface area contributed by atoms with Gasteiger partial charge in [0.25, 0.3) is 11.8 Å². The molecule has 12 heavy (non-hydrogen) atoms. The largest absolute Gasteiger partial charge is 0.459 e. The van der Waals surface area contributed by atoms with Crippen molar-refractivity contribution in [1.29, 1.82) is 0 Å². The van der Waals surface area contributed by atoms with Gasteiger partial charge in [0.2, 0.25) is 0 Å². The van der Waals surface area contributed by atoms with Gasteiger partial charge in [0.05, 0.1) is 6.26 Å². The molecular weight excluding hydrogens is 162 g/mol. The van der Waals surface area contributed by atoms with E-state index < -0.39 is 18.4 Å². The van der Waals surface area contributed by atoms with Gasteiger partial charge in [-0.25, -0.2) is 0 Å². The fourth-order valence-electron chi connectivity index (χ4n) is 0.636. The topological polar surface area (TPSA) is 79.5 Å². The Balaban J connectivity index is 2.56. The molecule has 1 aromatic heterocycles. The average Bonchev–Trinajstić information content (AvgIpc) is 2.56. The van der Waals surface area contributed by atoms with Crippen molar-refractivity contribution in [3.63, 3.8) is 0 Å². The van der Waals surface area contributed by atoms with Crippen LogP contribution in [-0.4, -0.2) is 23.5 Å². The molecule has 1 rings (SSSR count). The second-order valence-electron chi connectivity index (χ2n) is 2.01. The van der Waals surface area contributed by atoms with E-state index in [1.807, 2.05) is 5.32 Å². The van der Waals surface area contributed by atoms with E-state index in [2.05, 4.69) is 0 Å². The Hall–Kier alpha value is -1.62. The van der Waals surface area contributed by atoms with Crippen LogP contribution in [0.25, 0.3) is 0 Å². The summed E-state index contributed by atoms with van der Waals surface area (Å²) < 4.78 is 4.69. The molecule has 5 nitrogen and oxygen atoms in total. The van der Waals surface area contributed by atoms with Crippen molar-refractivity contribution in [1.82, 2.24) is 5.32 Å². The van der Waals surface area contributed by atoms with Crippen LogP contribution < -0.4 is 5.32 Å². The minimum absolute atomic E-state index is 0.0387. The molecule has 0 unspecified atom stereocenters. The lowest BCUT2D eigenvalue weighted by atomic mass is 10.4. The maximum absolute atomic E-state index is 10.9. The zero-order valence-corrected chi connectivity index (χ0v) is 6.11. The zero-order chi connectivity index (χ0) is 8.97. The summed E-state index contributed by atoms with van der Waals surface area (Å²) in [6.45, 7) is -0.716. The molecule has 0 fully saturated rings. The Kier molecular flexibility index (Phi) is 2.60. The Labute approximate surface area is 68.0 Å². The van der Waals surface area contributed by atoms with E-state index in [1.54, 1.807) is 0 Å². The van der Waals surface area contributed by atoms with Crippen molar-refractivity contribution in [3.05, 3.63) is 24.2 Å². The fraction of sp³-hybridized carbons (Fsp3) is 0.143. The first-order chi connectivity index (χ1) is 5.74. The van der Waals surface area contributed by atoms with Crippen molar-refractivity contribution in [3.8, 4) is 0 Å². The number of nitrogens with one attached hydrogen (secondary N) is 1. The molecule has 0 aromatic carbocycles. The highest BCUT2D eigenvalue weighted by atomic mass is 16.3. The molecule has 1 aromatic rings. The third-order valence-electron chi connectivity index (χ3n) is 1.14. The first-order valence-corrected chi connectivity index (χ1v) is 3.22. The van der Waals surface area contributed by atoms with Gasteiger partial charge < -0.3 is 9.52 Å². The molecule has 0 bridgehead atoms. The number of hydrogen-bond donors (Lipinski definition) is 2. The maximum Gasteiger partial charge on any atom is 0.293 e. The Morgan fingerprint density at radius 2 is 2.33 bits per heavy atom. The molecule has 1 heterocycles. The van der Waals surface area contributed by atoms with E-state index in [-0.39, 0.29) is 5.76 Å². The van der Waals surface area contributed by atoms with E-state index in [1.165, 1.54) is 18.4 Å². The first kappa shape index (κ1) is 8.48. The number of amides is 2. The number of imide groups is 1. The second-order valence-corrected chi connectivity index (χ2v) is 2.01. The fourth-order valence-corrected chi connectivity index (χ4v) is 0.636. The summed E-state index contributed by atoms with van der Waals surface area (Å²) in [6, 6.07) is 2.94. The molecule has 2 N–H and O–H groups in total.